The molecule has 3 aromatic rings. The highest BCUT2D eigenvalue weighted by molar-refractivity contribution is 5.81. The molecule has 0 radical (unpaired) electrons. The van der Waals surface area contributed by atoms with E-state index in [-0.39, 0.29) is 5.41 Å². The molecular weight excluding hydrogens is 426 g/mol. The van der Waals surface area contributed by atoms with E-state index in [4.69, 9.17) is 4.74 Å². The molecule has 3 aliphatic rings. The van der Waals surface area contributed by atoms with Gasteiger partial charge in [0.2, 0.25) is 0 Å². The van der Waals surface area contributed by atoms with Gasteiger partial charge in [-0.3, -0.25) is 4.90 Å². The van der Waals surface area contributed by atoms with Crippen molar-refractivity contribution in [3.05, 3.63) is 42.4 Å². The lowest BCUT2D eigenvalue weighted by molar-refractivity contribution is 0.0669. The number of nitrogens with zero attached hydrogens (tertiary/aromatic N) is 7. The minimum atomic E-state index is -0.390. The van der Waals surface area contributed by atoms with Crippen LogP contribution < -0.4 is 4.90 Å². The second-order valence-electron chi connectivity index (χ2n) is 10.2. The van der Waals surface area contributed by atoms with E-state index in [0.29, 0.717) is 11.3 Å². The van der Waals surface area contributed by atoms with Crippen LogP contribution in [-0.4, -0.2) is 71.1 Å². The van der Waals surface area contributed by atoms with Crippen LogP contribution in [0.2, 0.25) is 0 Å². The van der Waals surface area contributed by atoms with Gasteiger partial charge in [0.15, 0.2) is 5.82 Å². The third kappa shape index (κ3) is 3.29. The summed E-state index contributed by atoms with van der Waals surface area (Å²) in [6.45, 7) is 7.82. The van der Waals surface area contributed by atoms with Crippen LogP contribution in [0.15, 0.2) is 36.8 Å². The molecule has 2 aromatic heterocycles. The molecule has 0 amide bonds. The molecule has 34 heavy (non-hydrogen) atoms. The van der Waals surface area contributed by atoms with Crippen molar-refractivity contribution < 1.29 is 4.74 Å². The zero-order chi connectivity index (χ0) is 23.3. The van der Waals surface area contributed by atoms with Gasteiger partial charge in [-0.25, -0.2) is 14.6 Å². The van der Waals surface area contributed by atoms with E-state index in [2.05, 4.69) is 56.1 Å². The Morgan fingerprint density at radius 3 is 2.62 bits per heavy atom. The number of aromatic nitrogens is 4. The molecule has 8 nitrogen and oxygen atoms in total. The van der Waals surface area contributed by atoms with Crippen LogP contribution in [0.25, 0.3) is 16.7 Å². The number of nitriles is 1. The Morgan fingerprint density at radius 1 is 1.12 bits per heavy atom. The Bertz CT molecular complexity index is 1250. The van der Waals surface area contributed by atoms with Crippen molar-refractivity contribution in [2.24, 2.45) is 11.3 Å². The first-order valence-electron chi connectivity index (χ1n) is 12.3. The molecule has 6 rings (SSSR count). The Labute approximate surface area is 200 Å². The largest absolute Gasteiger partial charge is 0.383 e. The predicted octanol–water partition coefficient (Wildman–Crippen LogP) is 3.17. The van der Waals surface area contributed by atoms with Gasteiger partial charge in [-0.1, -0.05) is 19.1 Å². The molecule has 176 valence electrons. The number of hydrogen-bond donors (Lipinski definition) is 0. The maximum Gasteiger partial charge on any atom is 0.159 e. The zero-order valence-corrected chi connectivity index (χ0v) is 19.9. The minimum Gasteiger partial charge on any atom is -0.383 e. The van der Waals surface area contributed by atoms with Gasteiger partial charge in [-0.2, -0.15) is 10.4 Å². The summed E-state index contributed by atoms with van der Waals surface area (Å²) in [5.41, 5.74) is 2.12. The SMILES string of the molecule is COCCN1CCN(c2cc(-n3ncc4ccc(C5(C#N)CC6(CC6)C5C)cc43)ncn2)CC1. The Kier molecular flexibility index (Phi) is 5.08. The van der Waals surface area contributed by atoms with Gasteiger partial charge in [0.1, 0.15) is 12.1 Å². The van der Waals surface area contributed by atoms with Gasteiger partial charge in [0, 0.05) is 51.3 Å². The van der Waals surface area contributed by atoms with E-state index < -0.39 is 0 Å². The van der Waals surface area contributed by atoms with E-state index >= 15 is 0 Å². The number of anilines is 1. The summed E-state index contributed by atoms with van der Waals surface area (Å²) >= 11 is 0. The second kappa shape index (κ2) is 8.03. The molecule has 3 fully saturated rings. The van der Waals surface area contributed by atoms with E-state index in [1.54, 1.807) is 13.4 Å². The van der Waals surface area contributed by atoms with Crippen molar-refractivity contribution in [3.63, 3.8) is 0 Å². The molecular formula is C26H31N7O. The first-order chi connectivity index (χ1) is 16.6. The third-order valence-corrected chi connectivity index (χ3v) is 8.63. The van der Waals surface area contributed by atoms with Gasteiger partial charge in [-0.15, -0.1) is 0 Å². The van der Waals surface area contributed by atoms with Gasteiger partial charge in [0.05, 0.1) is 29.8 Å². The van der Waals surface area contributed by atoms with Crippen LogP contribution in [0, 0.1) is 22.7 Å². The zero-order valence-electron chi connectivity index (χ0n) is 19.9. The second-order valence-corrected chi connectivity index (χ2v) is 10.2. The Morgan fingerprint density at radius 2 is 1.91 bits per heavy atom. The van der Waals surface area contributed by atoms with Gasteiger partial charge >= 0.3 is 0 Å². The fraction of sp³-hybridized carbons (Fsp3) is 0.538. The van der Waals surface area contributed by atoms with Crippen LogP contribution in [0.1, 0.15) is 31.7 Å². The molecule has 0 bridgehead atoms. The van der Waals surface area contributed by atoms with E-state index in [0.717, 1.165) is 73.9 Å². The molecule has 2 unspecified atom stereocenters. The lowest BCUT2D eigenvalue weighted by Crippen LogP contribution is -2.50. The lowest BCUT2D eigenvalue weighted by Gasteiger charge is -2.51. The molecule has 1 aromatic carbocycles. The fourth-order valence-electron chi connectivity index (χ4n) is 6.10. The molecule has 3 heterocycles. The summed E-state index contributed by atoms with van der Waals surface area (Å²) < 4.78 is 7.10. The molecule has 1 spiro atoms. The molecule has 1 aliphatic heterocycles. The summed E-state index contributed by atoms with van der Waals surface area (Å²) in [5.74, 6) is 2.07. The monoisotopic (exact) mass is 457 g/mol. The highest BCUT2D eigenvalue weighted by Crippen LogP contribution is 2.72. The number of fused-ring (bicyclic) bond motifs is 1. The average molecular weight is 458 g/mol. The van der Waals surface area contributed by atoms with Crippen LogP contribution in [-0.2, 0) is 10.2 Å². The number of methoxy groups -OCH3 is 1. The summed E-state index contributed by atoms with van der Waals surface area (Å²) in [5, 5.41) is 15.9. The van der Waals surface area contributed by atoms with Crippen LogP contribution in [0.4, 0.5) is 5.82 Å². The van der Waals surface area contributed by atoms with Crippen molar-refractivity contribution in [1.29, 1.82) is 5.26 Å². The number of hydrogen-bond acceptors (Lipinski definition) is 7. The first-order valence-corrected chi connectivity index (χ1v) is 12.3. The molecule has 8 heteroatoms. The van der Waals surface area contributed by atoms with Crippen molar-refractivity contribution in [2.45, 2.75) is 31.6 Å². The van der Waals surface area contributed by atoms with E-state index in [1.807, 2.05) is 16.9 Å². The Balaban J connectivity index is 1.28. The van der Waals surface area contributed by atoms with Crippen molar-refractivity contribution in [2.75, 3.05) is 51.3 Å². The molecule has 1 saturated heterocycles. The number of rotatable bonds is 6. The number of piperazine rings is 1. The smallest absolute Gasteiger partial charge is 0.159 e. The number of ether oxygens (including phenoxy) is 1. The van der Waals surface area contributed by atoms with Crippen LogP contribution in [0.3, 0.4) is 0 Å². The van der Waals surface area contributed by atoms with Crippen molar-refractivity contribution in [3.8, 4) is 11.9 Å². The summed E-state index contributed by atoms with van der Waals surface area (Å²) in [4.78, 5) is 13.8. The van der Waals surface area contributed by atoms with Crippen molar-refractivity contribution in [1.82, 2.24) is 24.6 Å². The maximum absolute atomic E-state index is 10.2. The highest BCUT2D eigenvalue weighted by Gasteiger charge is 2.67. The molecule has 2 atom stereocenters. The Hall–Kier alpha value is -3.02. The quantitative estimate of drug-likeness (QED) is 0.562. The van der Waals surface area contributed by atoms with E-state index in [9.17, 15) is 5.26 Å². The van der Waals surface area contributed by atoms with Gasteiger partial charge in [0.25, 0.3) is 0 Å². The minimum absolute atomic E-state index is 0.390. The van der Waals surface area contributed by atoms with Crippen LogP contribution >= 0.6 is 0 Å². The van der Waals surface area contributed by atoms with Crippen LogP contribution in [0.5, 0.6) is 0 Å². The third-order valence-electron chi connectivity index (χ3n) is 8.63. The standard InChI is InChI=1S/C26H31N7O/c1-19-25(5-6-25)16-26(19,17-27)21-4-3-20-15-30-33(22(20)13-21)24-14-23(28-18-29-24)32-9-7-31(8-10-32)11-12-34-2/h3-4,13-15,18-19H,5-12,16H2,1-2H3. The lowest BCUT2D eigenvalue weighted by atomic mass is 9.50. The normalized spacial score (nSPS) is 25.9. The van der Waals surface area contributed by atoms with Gasteiger partial charge in [-0.05, 0) is 42.2 Å². The number of benzene rings is 1. The molecule has 2 saturated carbocycles. The highest BCUT2D eigenvalue weighted by atomic mass is 16.5. The topological polar surface area (TPSA) is 83.1 Å². The summed E-state index contributed by atoms with van der Waals surface area (Å²) in [7, 11) is 1.75. The van der Waals surface area contributed by atoms with Crippen molar-refractivity contribution >= 4 is 16.7 Å². The predicted molar refractivity (Wildman–Crippen MR) is 130 cm³/mol. The summed E-state index contributed by atoms with van der Waals surface area (Å²) in [6, 6.07) is 11.1. The first kappa shape index (κ1) is 21.5. The average Bonchev–Trinajstić information content (AvgIpc) is 3.59. The molecule has 0 N–H and O–H groups in total. The summed E-state index contributed by atoms with van der Waals surface area (Å²) in [6.07, 6.45) is 7.01. The molecule has 2 aliphatic carbocycles. The maximum atomic E-state index is 10.2. The van der Waals surface area contributed by atoms with Gasteiger partial charge < -0.3 is 9.64 Å². The van der Waals surface area contributed by atoms with E-state index in [1.165, 1.54) is 12.8 Å². The fourth-order valence-corrected chi connectivity index (χ4v) is 6.10.